The fourth-order valence-corrected chi connectivity index (χ4v) is 2.95. The number of para-hydroxylation sites is 1. The Balaban J connectivity index is 2.03. The molecule has 0 radical (unpaired) electrons. The summed E-state index contributed by atoms with van der Waals surface area (Å²) in [7, 11) is 1.55. The second kappa shape index (κ2) is 7.82. The van der Waals surface area contributed by atoms with Gasteiger partial charge >= 0.3 is 5.97 Å². The molecule has 0 bridgehead atoms. The Labute approximate surface area is 130 Å². The van der Waals surface area contributed by atoms with Gasteiger partial charge in [-0.15, -0.1) is 0 Å². The van der Waals surface area contributed by atoms with Gasteiger partial charge in [-0.05, 0) is 24.5 Å². The third-order valence-corrected chi connectivity index (χ3v) is 4.21. The van der Waals surface area contributed by atoms with E-state index in [1.165, 1.54) is 0 Å². The zero-order valence-electron chi connectivity index (χ0n) is 12.9. The maximum atomic E-state index is 12.3. The zero-order chi connectivity index (χ0) is 15.9. The van der Waals surface area contributed by atoms with E-state index in [0.29, 0.717) is 5.75 Å². The number of nitrogens with one attached hydrogen (secondary N) is 1. The molecule has 1 saturated carbocycles. The van der Waals surface area contributed by atoms with Gasteiger partial charge in [-0.3, -0.25) is 4.79 Å². The van der Waals surface area contributed by atoms with Crippen molar-refractivity contribution in [3.8, 4) is 5.75 Å². The maximum Gasteiger partial charge on any atom is 0.326 e. The molecule has 1 amide bonds. The normalized spacial score (nSPS) is 16.8. The molecule has 0 heterocycles. The van der Waals surface area contributed by atoms with Crippen molar-refractivity contribution in [2.75, 3.05) is 7.11 Å². The molecular formula is C17H23NO4. The van der Waals surface area contributed by atoms with Crippen molar-refractivity contribution in [2.45, 2.75) is 44.6 Å². The topological polar surface area (TPSA) is 75.6 Å². The van der Waals surface area contributed by atoms with Crippen molar-refractivity contribution in [3.63, 3.8) is 0 Å². The summed E-state index contributed by atoms with van der Waals surface area (Å²) in [5, 5.41) is 12.1. The third-order valence-electron chi connectivity index (χ3n) is 4.21. The molecule has 1 aliphatic carbocycles. The van der Waals surface area contributed by atoms with E-state index in [4.69, 9.17) is 4.74 Å². The Morgan fingerprint density at radius 1 is 1.27 bits per heavy atom. The van der Waals surface area contributed by atoms with Gasteiger partial charge in [0.1, 0.15) is 11.8 Å². The van der Waals surface area contributed by atoms with Gasteiger partial charge in [-0.25, -0.2) is 4.79 Å². The van der Waals surface area contributed by atoms with E-state index in [1.807, 2.05) is 18.2 Å². The lowest BCUT2D eigenvalue weighted by atomic mass is 9.88. The average molecular weight is 305 g/mol. The molecular weight excluding hydrogens is 282 g/mol. The summed E-state index contributed by atoms with van der Waals surface area (Å²) in [5.74, 6) is -0.564. The van der Waals surface area contributed by atoms with E-state index < -0.39 is 12.0 Å². The molecule has 1 atom stereocenters. The first-order chi connectivity index (χ1) is 10.6. The molecule has 0 saturated heterocycles. The SMILES string of the molecule is COc1ccccc1C[C@@H](NC(=O)C1CCCCC1)C(=O)O. The summed E-state index contributed by atoms with van der Waals surface area (Å²) in [6.07, 6.45) is 5.18. The summed E-state index contributed by atoms with van der Waals surface area (Å²) in [6, 6.07) is 6.35. The number of ether oxygens (including phenoxy) is 1. The molecule has 1 fully saturated rings. The van der Waals surface area contributed by atoms with E-state index in [-0.39, 0.29) is 18.2 Å². The Morgan fingerprint density at radius 2 is 1.95 bits per heavy atom. The second-order valence-electron chi connectivity index (χ2n) is 5.75. The van der Waals surface area contributed by atoms with Crippen molar-refractivity contribution < 1.29 is 19.4 Å². The van der Waals surface area contributed by atoms with Gasteiger partial charge in [0.15, 0.2) is 0 Å². The summed E-state index contributed by atoms with van der Waals surface area (Å²) in [6.45, 7) is 0. The molecule has 0 spiro atoms. The minimum Gasteiger partial charge on any atom is -0.496 e. The number of carboxylic acid groups (broad SMARTS) is 1. The lowest BCUT2D eigenvalue weighted by molar-refractivity contribution is -0.142. The van der Waals surface area contributed by atoms with E-state index in [0.717, 1.165) is 37.7 Å². The number of amides is 1. The number of aliphatic carboxylic acids is 1. The van der Waals surface area contributed by atoms with Gasteiger partial charge in [0.25, 0.3) is 0 Å². The summed E-state index contributed by atoms with van der Waals surface area (Å²) >= 11 is 0. The molecule has 0 unspecified atom stereocenters. The van der Waals surface area contributed by atoms with E-state index in [1.54, 1.807) is 13.2 Å². The second-order valence-corrected chi connectivity index (χ2v) is 5.75. The molecule has 120 valence electrons. The molecule has 1 aromatic rings. The van der Waals surface area contributed by atoms with Gasteiger partial charge in [0.05, 0.1) is 7.11 Å². The van der Waals surface area contributed by atoms with Gasteiger partial charge in [-0.2, -0.15) is 0 Å². The highest BCUT2D eigenvalue weighted by Gasteiger charge is 2.27. The largest absolute Gasteiger partial charge is 0.496 e. The first kappa shape index (κ1) is 16.3. The van der Waals surface area contributed by atoms with Crippen molar-refractivity contribution in [1.82, 2.24) is 5.32 Å². The molecule has 22 heavy (non-hydrogen) atoms. The molecule has 2 rings (SSSR count). The van der Waals surface area contributed by atoms with Crippen LogP contribution in [0, 0.1) is 5.92 Å². The highest BCUT2D eigenvalue weighted by atomic mass is 16.5. The van der Waals surface area contributed by atoms with Crippen LogP contribution in [-0.2, 0) is 16.0 Å². The highest BCUT2D eigenvalue weighted by Crippen LogP contribution is 2.24. The smallest absolute Gasteiger partial charge is 0.326 e. The number of hydrogen-bond acceptors (Lipinski definition) is 3. The molecule has 0 aromatic heterocycles. The molecule has 5 heteroatoms. The van der Waals surface area contributed by atoms with Crippen LogP contribution >= 0.6 is 0 Å². The van der Waals surface area contributed by atoms with Crippen LogP contribution in [0.25, 0.3) is 0 Å². The van der Waals surface area contributed by atoms with Crippen LogP contribution < -0.4 is 10.1 Å². The monoisotopic (exact) mass is 305 g/mol. The number of benzene rings is 1. The van der Waals surface area contributed by atoms with Crippen molar-refractivity contribution in [2.24, 2.45) is 5.92 Å². The highest BCUT2D eigenvalue weighted by molar-refractivity contribution is 5.85. The number of methoxy groups -OCH3 is 1. The fraction of sp³-hybridized carbons (Fsp3) is 0.529. The average Bonchev–Trinajstić information content (AvgIpc) is 2.55. The van der Waals surface area contributed by atoms with Crippen LogP contribution in [0.3, 0.4) is 0 Å². The van der Waals surface area contributed by atoms with Crippen molar-refractivity contribution in [1.29, 1.82) is 0 Å². The Bertz CT molecular complexity index is 523. The van der Waals surface area contributed by atoms with Gasteiger partial charge < -0.3 is 15.2 Å². The van der Waals surface area contributed by atoms with E-state index >= 15 is 0 Å². The van der Waals surface area contributed by atoms with Crippen LogP contribution in [-0.4, -0.2) is 30.1 Å². The van der Waals surface area contributed by atoms with Gasteiger partial charge in [0, 0.05) is 12.3 Å². The molecule has 1 aromatic carbocycles. The van der Waals surface area contributed by atoms with Crippen LogP contribution in [0.4, 0.5) is 0 Å². The quantitative estimate of drug-likeness (QED) is 0.846. The minimum absolute atomic E-state index is 0.0479. The number of rotatable bonds is 6. The van der Waals surface area contributed by atoms with E-state index in [9.17, 15) is 14.7 Å². The van der Waals surface area contributed by atoms with Crippen LogP contribution in [0.1, 0.15) is 37.7 Å². The number of hydrogen-bond donors (Lipinski definition) is 2. The van der Waals surface area contributed by atoms with Crippen LogP contribution in [0.15, 0.2) is 24.3 Å². The molecule has 5 nitrogen and oxygen atoms in total. The number of carbonyl (C=O) groups is 2. The molecule has 2 N–H and O–H groups in total. The lowest BCUT2D eigenvalue weighted by Crippen LogP contribution is -2.45. The zero-order valence-corrected chi connectivity index (χ0v) is 12.9. The number of carbonyl (C=O) groups excluding carboxylic acids is 1. The lowest BCUT2D eigenvalue weighted by Gasteiger charge is -2.23. The predicted octanol–water partition coefficient (Wildman–Crippen LogP) is 2.39. The Kier molecular flexibility index (Phi) is 5.81. The Hall–Kier alpha value is -2.04. The first-order valence-electron chi connectivity index (χ1n) is 7.77. The first-order valence-corrected chi connectivity index (χ1v) is 7.77. The molecule has 0 aliphatic heterocycles. The summed E-state index contributed by atoms with van der Waals surface area (Å²) < 4.78 is 5.24. The number of carboxylic acids is 1. The Morgan fingerprint density at radius 3 is 2.59 bits per heavy atom. The maximum absolute atomic E-state index is 12.3. The van der Waals surface area contributed by atoms with Gasteiger partial charge in [0.2, 0.25) is 5.91 Å². The standard InChI is InChI=1S/C17H23NO4/c1-22-15-10-6-5-9-13(15)11-14(17(20)21)18-16(19)12-7-3-2-4-8-12/h5-6,9-10,12,14H,2-4,7-8,11H2,1H3,(H,18,19)(H,20,21)/t14-/m1/s1. The summed E-state index contributed by atoms with van der Waals surface area (Å²) in [5.41, 5.74) is 0.779. The fourth-order valence-electron chi connectivity index (χ4n) is 2.95. The summed E-state index contributed by atoms with van der Waals surface area (Å²) in [4.78, 5) is 23.7. The third kappa shape index (κ3) is 4.23. The van der Waals surface area contributed by atoms with E-state index in [2.05, 4.69) is 5.32 Å². The predicted molar refractivity (Wildman–Crippen MR) is 82.8 cm³/mol. The van der Waals surface area contributed by atoms with Crippen LogP contribution in [0.2, 0.25) is 0 Å². The van der Waals surface area contributed by atoms with Crippen LogP contribution in [0.5, 0.6) is 5.75 Å². The minimum atomic E-state index is -1.02. The van der Waals surface area contributed by atoms with Gasteiger partial charge in [-0.1, -0.05) is 37.5 Å². The van der Waals surface area contributed by atoms with Crippen molar-refractivity contribution >= 4 is 11.9 Å². The van der Waals surface area contributed by atoms with Crippen molar-refractivity contribution in [3.05, 3.63) is 29.8 Å². The molecule has 1 aliphatic rings.